The van der Waals surface area contributed by atoms with Gasteiger partial charge >= 0.3 is 0 Å². The Bertz CT molecular complexity index is 938. The molecule has 1 unspecified atom stereocenters. The molecule has 3 rings (SSSR count). The van der Waals surface area contributed by atoms with Crippen molar-refractivity contribution in [2.45, 2.75) is 19.9 Å². The molecule has 2 aromatic rings. The molecule has 0 fully saturated rings. The van der Waals surface area contributed by atoms with Crippen LogP contribution < -0.4 is 5.32 Å². The number of nitro groups is 1. The zero-order chi connectivity index (χ0) is 19.0. The van der Waals surface area contributed by atoms with Crippen LogP contribution in [0.3, 0.4) is 0 Å². The van der Waals surface area contributed by atoms with Crippen molar-refractivity contribution < 1.29 is 19.3 Å². The van der Waals surface area contributed by atoms with Crippen molar-refractivity contribution in [1.29, 1.82) is 0 Å². The predicted octanol–water partition coefficient (Wildman–Crippen LogP) is 1.83. The summed E-state index contributed by atoms with van der Waals surface area (Å²) < 4.78 is 0. The van der Waals surface area contributed by atoms with Gasteiger partial charge in [0.25, 0.3) is 17.5 Å². The molecular weight excluding hydrogens is 360 g/mol. The number of aryl methyl sites for hydroxylation is 1. The summed E-state index contributed by atoms with van der Waals surface area (Å²) in [4.78, 5) is 52.2. The van der Waals surface area contributed by atoms with Gasteiger partial charge in [-0.25, -0.2) is 4.98 Å². The summed E-state index contributed by atoms with van der Waals surface area (Å²) in [5, 5.41) is 16.2. The van der Waals surface area contributed by atoms with Crippen molar-refractivity contribution in [3.05, 3.63) is 55.5 Å². The van der Waals surface area contributed by atoms with Gasteiger partial charge in [0.15, 0.2) is 0 Å². The SMILES string of the molecule is Cc1nc(C(C)NC(=O)CN2C(=O)c3ccc([N+](=O)[O-])cc3C2=O)cs1. The molecular formula is C16H14N4O5S. The third-order valence-corrected chi connectivity index (χ3v) is 4.72. The molecule has 0 bridgehead atoms. The zero-order valence-electron chi connectivity index (χ0n) is 13.9. The van der Waals surface area contributed by atoms with E-state index in [1.807, 2.05) is 12.3 Å². The van der Waals surface area contributed by atoms with Gasteiger partial charge in [0.1, 0.15) is 6.54 Å². The number of amides is 3. The number of hydrogen-bond donors (Lipinski definition) is 1. The largest absolute Gasteiger partial charge is 0.346 e. The van der Waals surface area contributed by atoms with Gasteiger partial charge in [0.2, 0.25) is 5.91 Å². The minimum Gasteiger partial charge on any atom is -0.346 e. The number of fused-ring (bicyclic) bond motifs is 1. The fourth-order valence-corrected chi connectivity index (χ4v) is 3.33. The fraction of sp³-hybridized carbons (Fsp3) is 0.250. The van der Waals surface area contributed by atoms with Gasteiger partial charge < -0.3 is 5.32 Å². The van der Waals surface area contributed by atoms with Gasteiger partial charge in [-0.15, -0.1) is 11.3 Å². The maximum Gasteiger partial charge on any atom is 0.270 e. The molecule has 1 atom stereocenters. The Morgan fingerprint density at radius 3 is 2.65 bits per heavy atom. The molecule has 1 aromatic heterocycles. The molecule has 0 spiro atoms. The Labute approximate surface area is 151 Å². The smallest absolute Gasteiger partial charge is 0.270 e. The van der Waals surface area contributed by atoms with E-state index in [9.17, 15) is 24.5 Å². The third kappa shape index (κ3) is 3.18. The minimum atomic E-state index is -0.721. The Balaban J connectivity index is 1.72. The van der Waals surface area contributed by atoms with Crippen LogP contribution in [0.4, 0.5) is 5.69 Å². The molecule has 3 amide bonds. The van der Waals surface area contributed by atoms with Crippen molar-refractivity contribution in [1.82, 2.24) is 15.2 Å². The van der Waals surface area contributed by atoms with Gasteiger partial charge in [-0.3, -0.25) is 29.4 Å². The second kappa shape index (κ2) is 6.64. The lowest BCUT2D eigenvalue weighted by Crippen LogP contribution is -2.41. The first kappa shape index (κ1) is 17.7. The summed E-state index contributed by atoms with van der Waals surface area (Å²) in [6, 6.07) is 3.06. The van der Waals surface area contributed by atoms with Crippen LogP contribution in [-0.4, -0.2) is 39.1 Å². The first-order valence-corrected chi connectivity index (χ1v) is 8.52. The topological polar surface area (TPSA) is 123 Å². The lowest BCUT2D eigenvalue weighted by Gasteiger charge is -2.16. The van der Waals surface area contributed by atoms with E-state index in [2.05, 4.69) is 10.3 Å². The van der Waals surface area contributed by atoms with Crippen LogP contribution in [-0.2, 0) is 4.79 Å². The van der Waals surface area contributed by atoms with E-state index in [4.69, 9.17) is 0 Å². The van der Waals surface area contributed by atoms with Gasteiger partial charge in [-0.1, -0.05) is 0 Å². The molecule has 0 radical (unpaired) electrons. The van der Waals surface area contributed by atoms with Crippen LogP contribution >= 0.6 is 11.3 Å². The summed E-state index contributed by atoms with van der Waals surface area (Å²) in [5.41, 5.74) is 0.388. The normalized spacial score (nSPS) is 14.3. The number of imide groups is 1. The third-order valence-electron chi connectivity index (χ3n) is 3.92. The van der Waals surface area contributed by atoms with Crippen molar-refractivity contribution in [3.63, 3.8) is 0 Å². The molecule has 0 saturated heterocycles. The number of nitrogens with zero attached hydrogens (tertiary/aromatic N) is 3. The number of benzene rings is 1. The van der Waals surface area contributed by atoms with Crippen LogP contribution in [0.2, 0.25) is 0 Å². The summed E-state index contributed by atoms with van der Waals surface area (Å²) in [5.74, 6) is -1.89. The van der Waals surface area contributed by atoms with E-state index in [0.29, 0.717) is 5.69 Å². The molecule has 1 aliphatic rings. The molecule has 1 aliphatic heterocycles. The summed E-state index contributed by atoms with van der Waals surface area (Å²) in [7, 11) is 0. The highest BCUT2D eigenvalue weighted by Crippen LogP contribution is 2.26. The molecule has 1 N–H and O–H groups in total. The van der Waals surface area contributed by atoms with E-state index < -0.39 is 29.2 Å². The van der Waals surface area contributed by atoms with Gasteiger partial charge in [0.05, 0.1) is 32.8 Å². The number of hydrogen-bond acceptors (Lipinski definition) is 7. The van der Waals surface area contributed by atoms with E-state index in [-0.39, 0.29) is 22.9 Å². The number of nitrogens with one attached hydrogen (secondary N) is 1. The highest BCUT2D eigenvalue weighted by Gasteiger charge is 2.38. The summed E-state index contributed by atoms with van der Waals surface area (Å²) in [6.07, 6.45) is 0. The fourth-order valence-electron chi connectivity index (χ4n) is 2.62. The number of aromatic nitrogens is 1. The average molecular weight is 374 g/mol. The predicted molar refractivity (Wildman–Crippen MR) is 91.9 cm³/mol. The Morgan fingerprint density at radius 2 is 2.04 bits per heavy atom. The van der Waals surface area contributed by atoms with E-state index in [0.717, 1.165) is 22.0 Å². The number of non-ortho nitro benzene ring substituents is 1. The van der Waals surface area contributed by atoms with Crippen molar-refractivity contribution in [2.75, 3.05) is 6.54 Å². The highest BCUT2D eigenvalue weighted by atomic mass is 32.1. The van der Waals surface area contributed by atoms with Crippen LogP contribution in [0.25, 0.3) is 0 Å². The molecule has 10 heteroatoms. The quantitative estimate of drug-likeness (QED) is 0.484. The van der Waals surface area contributed by atoms with Crippen molar-refractivity contribution in [2.24, 2.45) is 0 Å². The Hall–Kier alpha value is -3.14. The van der Waals surface area contributed by atoms with Gasteiger partial charge in [-0.05, 0) is 19.9 Å². The molecule has 26 heavy (non-hydrogen) atoms. The summed E-state index contributed by atoms with van der Waals surface area (Å²) in [6.45, 7) is 3.13. The first-order chi connectivity index (χ1) is 12.3. The van der Waals surface area contributed by atoms with Gasteiger partial charge in [0, 0.05) is 17.5 Å². The van der Waals surface area contributed by atoms with Crippen LogP contribution in [0.15, 0.2) is 23.6 Å². The summed E-state index contributed by atoms with van der Waals surface area (Å²) >= 11 is 1.45. The van der Waals surface area contributed by atoms with E-state index >= 15 is 0 Å². The van der Waals surface area contributed by atoms with E-state index in [1.165, 1.54) is 17.4 Å². The van der Waals surface area contributed by atoms with Crippen LogP contribution in [0, 0.1) is 17.0 Å². The lowest BCUT2D eigenvalue weighted by molar-refractivity contribution is -0.384. The lowest BCUT2D eigenvalue weighted by atomic mass is 10.1. The Kier molecular flexibility index (Phi) is 4.51. The standard InChI is InChI=1S/C16H14N4O5S/c1-8(13-7-26-9(2)18-13)17-14(21)6-19-15(22)11-4-3-10(20(24)25)5-12(11)16(19)23/h3-5,7-8H,6H2,1-2H3,(H,17,21). The van der Waals surface area contributed by atoms with Crippen LogP contribution in [0.5, 0.6) is 0 Å². The van der Waals surface area contributed by atoms with Gasteiger partial charge in [-0.2, -0.15) is 0 Å². The van der Waals surface area contributed by atoms with Crippen molar-refractivity contribution >= 4 is 34.7 Å². The molecule has 0 saturated carbocycles. The average Bonchev–Trinajstić information content (AvgIpc) is 3.12. The van der Waals surface area contributed by atoms with Crippen molar-refractivity contribution in [3.8, 4) is 0 Å². The van der Waals surface area contributed by atoms with E-state index in [1.54, 1.807) is 6.92 Å². The highest BCUT2D eigenvalue weighted by molar-refractivity contribution is 7.09. The zero-order valence-corrected chi connectivity index (χ0v) is 14.7. The number of carbonyl (C=O) groups excluding carboxylic acids is 3. The molecule has 9 nitrogen and oxygen atoms in total. The molecule has 0 aliphatic carbocycles. The van der Waals surface area contributed by atoms with Crippen LogP contribution in [0.1, 0.15) is 44.4 Å². The first-order valence-electron chi connectivity index (χ1n) is 7.64. The monoisotopic (exact) mass is 374 g/mol. The Morgan fingerprint density at radius 1 is 1.35 bits per heavy atom. The molecule has 134 valence electrons. The second-order valence-corrected chi connectivity index (χ2v) is 6.83. The number of nitro benzene ring substituents is 1. The number of carbonyl (C=O) groups is 3. The molecule has 1 aromatic carbocycles. The maximum absolute atomic E-state index is 12.4. The number of rotatable bonds is 5. The minimum absolute atomic E-state index is 0.0524. The molecule has 2 heterocycles. The second-order valence-electron chi connectivity index (χ2n) is 5.76. The maximum atomic E-state index is 12.4. The number of thiazole rings is 1.